The molecule has 5 nitrogen and oxygen atoms in total. The number of carbonyl (C=O) groups is 1. The van der Waals surface area contributed by atoms with Crippen LogP contribution in [0.15, 0.2) is 59.5 Å². The van der Waals surface area contributed by atoms with Crippen LogP contribution in [0.2, 0.25) is 0 Å². The molecule has 0 saturated carbocycles. The van der Waals surface area contributed by atoms with Gasteiger partial charge < -0.3 is 5.32 Å². The van der Waals surface area contributed by atoms with Crippen LogP contribution in [-0.2, 0) is 14.8 Å². The molecular formula is C18H21FN2O3S. The van der Waals surface area contributed by atoms with E-state index in [1.54, 1.807) is 18.2 Å². The lowest BCUT2D eigenvalue weighted by atomic mass is 10.2. The summed E-state index contributed by atoms with van der Waals surface area (Å²) in [7, 11) is -3.95. The SMILES string of the molecule is CC(C)CNC(=O)CN(c1ccc(F)cc1)S(=O)(=O)c1ccccc1. The summed E-state index contributed by atoms with van der Waals surface area (Å²) in [5, 5.41) is 2.70. The van der Waals surface area contributed by atoms with Gasteiger partial charge in [0.1, 0.15) is 12.4 Å². The summed E-state index contributed by atoms with van der Waals surface area (Å²) in [6.45, 7) is 3.95. The molecule has 0 bridgehead atoms. The quantitative estimate of drug-likeness (QED) is 0.822. The van der Waals surface area contributed by atoms with Crippen molar-refractivity contribution in [1.29, 1.82) is 0 Å². The Morgan fingerprint density at radius 1 is 1.08 bits per heavy atom. The Kier molecular flexibility index (Phi) is 6.14. The summed E-state index contributed by atoms with van der Waals surface area (Å²) in [5.74, 6) is -0.656. The first-order valence-corrected chi connectivity index (χ1v) is 9.35. The number of nitrogens with one attached hydrogen (secondary N) is 1. The van der Waals surface area contributed by atoms with Crippen LogP contribution in [-0.4, -0.2) is 27.4 Å². The minimum atomic E-state index is -3.95. The number of hydrogen-bond acceptors (Lipinski definition) is 3. The van der Waals surface area contributed by atoms with Gasteiger partial charge in [0.25, 0.3) is 10.0 Å². The van der Waals surface area contributed by atoms with Crippen molar-refractivity contribution in [3.8, 4) is 0 Å². The Morgan fingerprint density at radius 2 is 1.68 bits per heavy atom. The number of hydrogen-bond donors (Lipinski definition) is 1. The van der Waals surface area contributed by atoms with E-state index in [1.807, 2.05) is 13.8 Å². The molecule has 0 unspecified atom stereocenters. The lowest BCUT2D eigenvalue weighted by molar-refractivity contribution is -0.119. The summed E-state index contributed by atoms with van der Waals surface area (Å²) >= 11 is 0. The van der Waals surface area contributed by atoms with E-state index in [-0.39, 0.29) is 23.0 Å². The van der Waals surface area contributed by atoms with Crippen molar-refractivity contribution < 1.29 is 17.6 Å². The molecule has 1 N–H and O–H groups in total. The lowest BCUT2D eigenvalue weighted by Crippen LogP contribution is -2.41. The van der Waals surface area contributed by atoms with Crippen LogP contribution in [0.1, 0.15) is 13.8 Å². The maximum Gasteiger partial charge on any atom is 0.264 e. The molecule has 0 atom stereocenters. The van der Waals surface area contributed by atoms with Gasteiger partial charge in [-0.3, -0.25) is 9.10 Å². The van der Waals surface area contributed by atoms with Gasteiger partial charge >= 0.3 is 0 Å². The summed E-state index contributed by atoms with van der Waals surface area (Å²) in [6, 6.07) is 12.8. The van der Waals surface area contributed by atoms with E-state index in [2.05, 4.69) is 5.32 Å². The number of amides is 1. The molecule has 2 aromatic carbocycles. The smallest absolute Gasteiger partial charge is 0.264 e. The molecule has 2 aromatic rings. The first-order valence-electron chi connectivity index (χ1n) is 7.91. The van der Waals surface area contributed by atoms with Crippen molar-refractivity contribution in [3.05, 3.63) is 60.4 Å². The number of benzene rings is 2. The summed E-state index contributed by atoms with van der Waals surface area (Å²) in [5.41, 5.74) is 0.227. The second-order valence-corrected chi connectivity index (χ2v) is 7.86. The number of rotatable bonds is 7. The maximum atomic E-state index is 13.2. The molecule has 0 fully saturated rings. The molecule has 0 spiro atoms. The molecule has 25 heavy (non-hydrogen) atoms. The normalized spacial score (nSPS) is 11.4. The topological polar surface area (TPSA) is 66.5 Å². The average molecular weight is 364 g/mol. The number of halogens is 1. The molecule has 0 aliphatic rings. The van der Waals surface area contributed by atoms with Crippen LogP contribution >= 0.6 is 0 Å². The minimum Gasteiger partial charge on any atom is -0.354 e. The predicted molar refractivity (Wildman–Crippen MR) is 95.2 cm³/mol. The molecule has 1 amide bonds. The second-order valence-electron chi connectivity index (χ2n) is 6.00. The molecule has 7 heteroatoms. The van der Waals surface area contributed by atoms with Gasteiger partial charge in [-0.1, -0.05) is 32.0 Å². The van der Waals surface area contributed by atoms with Gasteiger partial charge in [0.05, 0.1) is 10.6 Å². The zero-order chi connectivity index (χ0) is 18.4. The van der Waals surface area contributed by atoms with Crippen LogP contribution in [0.25, 0.3) is 0 Å². The Hall–Kier alpha value is -2.41. The van der Waals surface area contributed by atoms with Crippen LogP contribution in [0, 0.1) is 11.7 Å². The molecule has 0 saturated heterocycles. The summed E-state index contributed by atoms with van der Waals surface area (Å²) < 4.78 is 40.1. The molecule has 0 heterocycles. The molecule has 0 aliphatic heterocycles. The maximum absolute atomic E-state index is 13.2. The Morgan fingerprint density at radius 3 is 2.24 bits per heavy atom. The highest BCUT2D eigenvalue weighted by molar-refractivity contribution is 7.92. The molecule has 2 rings (SSSR count). The number of carbonyl (C=O) groups excluding carboxylic acids is 1. The van der Waals surface area contributed by atoms with E-state index in [4.69, 9.17) is 0 Å². The standard InChI is InChI=1S/C18H21FN2O3S/c1-14(2)12-20-18(22)13-21(16-10-8-15(19)9-11-16)25(23,24)17-6-4-3-5-7-17/h3-11,14H,12-13H2,1-2H3,(H,20,22). The first-order chi connectivity index (χ1) is 11.8. The fourth-order valence-electron chi connectivity index (χ4n) is 2.15. The second kappa shape index (κ2) is 8.11. The van der Waals surface area contributed by atoms with E-state index in [9.17, 15) is 17.6 Å². The summed E-state index contributed by atoms with van der Waals surface area (Å²) in [4.78, 5) is 12.3. The predicted octanol–water partition coefficient (Wildman–Crippen LogP) is 2.79. The van der Waals surface area contributed by atoms with Crippen LogP contribution < -0.4 is 9.62 Å². The van der Waals surface area contributed by atoms with Gasteiger partial charge in [0.15, 0.2) is 0 Å². The van der Waals surface area contributed by atoms with Crippen LogP contribution in [0.5, 0.6) is 0 Å². The van der Waals surface area contributed by atoms with Crippen molar-refractivity contribution in [1.82, 2.24) is 5.32 Å². The Bertz CT molecular complexity index is 806. The van der Waals surface area contributed by atoms with Crippen LogP contribution in [0.3, 0.4) is 0 Å². The average Bonchev–Trinajstić information content (AvgIpc) is 2.59. The van der Waals surface area contributed by atoms with E-state index in [0.29, 0.717) is 6.54 Å². The molecule has 0 radical (unpaired) electrons. The Balaban J connectivity index is 2.35. The first kappa shape index (κ1) is 18.9. The molecule has 134 valence electrons. The molecule has 0 aliphatic carbocycles. The summed E-state index contributed by atoms with van der Waals surface area (Å²) in [6.07, 6.45) is 0. The Labute approximate surface area is 147 Å². The van der Waals surface area contributed by atoms with Gasteiger partial charge in [0, 0.05) is 6.54 Å². The van der Waals surface area contributed by atoms with Crippen molar-refractivity contribution in [3.63, 3.8) is 0 Å². The van der Waals surface area contributed by atoms with E-state index in [0.717, 1.165) is 16.4 Å². The minimum absolute atomic E-state index is 0.0657. The highest BCUT2D eigenvalue weighted by atomic mass is 32.2. The van der Waals surface area contributed by atoms with Gasteiger partial charge in [-0.25, -0.2) is 12.8 Å². The van der Waals surface area contributed by atoms with Gasteiger partial charge in [-0.15, -0.1) is 0 Å². The zero-order valence-corrected chi connectivity index (χ0v) is 15.0. The largest absolute Gasteiger partial charge is 0.354 e. The monoisotopic (exact) mass is 364 g/mol. The van der Waals surface area contributed by atoms with Crippen molar-refractivity contribution >= 4 is 21.6 Å². The highest BCUT2D eigenvalue weighted by Crippen LogP contribution is 2.23. The van der Waals surface area contributed by atoms with Crippen molar-refractivity contribution in [2.75, 3.05) is 17.4 Å². The fourth-order valence-corrected chi connectivity index (χ4v) is 3.59. The number of nitrogens with zero attached hydrogens (tertiary/aromatic N) is 1. The van der Waals surface area contributed by atoms with Gasteiger partial charge in [-0.2, -0.15) is 0 Å². The van der Waals surface area contributed by atoms with E-state index < -0.39 is 21.7 Å². The van der Waals surface area contributed by atoms with Crippen LogP contribution in [0.4, 0.5) is 10.1 Å². The van der Waals surface area contributed by atoms with Gasteiger partial charge in [0.2, 0.25) is 5.91 Å². The van der Waals surface area contributed by atoms with E-state index in [1.165, 1.54) is 24.3 Å². The zero-order valence-electron chi connectivity index (χ0n) is 14.1. The van der Waals surface area contributed by atoms with Crippen molar-refractivity contribution in [2.45, 2.75) is 18.7 Å². The van der Waals surface area contributed by atoms with Gasteiger partial charge in [-0.05, 0) is 42.3 Å². The molecule has 0 aromatic heterocycles. The third-order valence-electron chi connectivity index (χ3n) is 3.44. The highest BCUT2D eigenvalue weighted by Gasteiger charge is 2.27. The van der Waals surface area contributed by atoms with Crippen molar-refractivity contribution in [2.24, 2.45) is 5.92 Å². The third kappa shape index (κ3) is 5.03. The number of sulfonamides is 1. The van der Waals surface area contributed by atoms with E-state index >= 15 is 0 Å². The lowest BCUT2D eigenvalue weighted by Gasteiger charge is -2.24. The third-order valence-corrected chi connectivity index (χ3v) is 5.23. The number of anilines is 1. The fraction of sp³-hybridized carbons (Fsp3) is 0.278. The molecular weight excluding hydrogens is 343 g/mol.